The molecule has 0 amide bonds. The third kappa shape index (κ3) is 1.74. The van der Waals surface area contributed by atoms with E-state index < -0.39 is 0 Å². The monoisotopic (exact) mass is 205 g/mol. The fourth-order valence-electron chi connectivity index (χ4n) is 1.54. The Labute approximate surface area is 88.8 Å². The van der Waals surface area contributed by atoms with E-state index in [1.54, 1.807) is 0 Å². The number of nitrogens with one attached hydrogen (secondary N) is 1. The van der Waals surface area contributed by atoms with Gasteiger partial charge in [0.1, 0.15) is 0 Å². The molecule has 0 spiro atoms. The number of fused-ring (bicyclic) bond motifs is 1. The van der Waals surface area contributed by atoms with Crippen molar-refractivity contribution in [1.82, 2.24) is 4.84 Å². The van der Waals surface area contributed by atoms with Gasteiger partial charge >= 0.3 is 0 Å². The number of hydrogen-bond donors (Lipinski definition) is 1. The van der Waals surface area contributed by atoms with Gasteiger partial charge in [-0.15, -0.1) is 0 Å². The van der Waals surface area contributed by atoms with Crippen LogP contribution >= 0.6 is 11.8 Å². The molecule has 0 heterocycles. The Morgan fingerprint density at radius 3 is 2.50 bits per heavy atom. The normalized spacial score (nSPS) is 13.0. The lowest BCUT2D eigenvalue weighted by Crippen LogP contribution is -2.05. The molecule has 2 rings (SSSR count). The summed E-state index contributed by atoms with van der Waals surface area (Å²) >= 11 is 5.59. The van der Waals surface area contributed by atoms with E-state index in [0.717, 1.165) is 0 Å². The van der Waals surface area contributed by atoms with Crippen LogP contribution in [-0.4, -0.2) is 0 Å². The van der Waals surface area contributed by atoms with Gasteiger partial charge in [-0.1, -0.05) is 36.4 Å². The standard InChI is InChI=1S/C12H12ClN/c1-9(14-13)11-7-6-10-4-2-3-5-12(10)8-11/h2-9,14H,1H3. The zero-order valence-corrected chi connectivity index (χ0v) is 8.75. The molecule has 1 unspecified atom stereocenters. The molecule has 0 bridgehead atoms. The van der Waals surface area contributed by atoms with Crippen LogP contribution in [0.15, 0.2) is 42.5 Å². The highest BCUT2D eigenvalue weighted by Crippen LogP contribution is 2.20. The Morgan fingerprint density at radius 2 is 1.79 bits per heavy atom. The molecule has 1 N–H and O–H groups in total. The second kappa shape index (κ2) is 3.99. The Balaban J connectivity index is 2.51. The zero-order valence-electron chi connectivity index (χ0n) is 8.00. The summed E-state index contributed by atoms with van der Waals surface area (Å²) in [5.74, 6) is 0. The Hall–Kier alpha value is -1.05. The predicted octanol–water partition coefficient (Wildman–Crippen LogP) is 3.64. The number of halogens is 1. The molecule has 2 aromatic carbocycles. The predicted molar refractivity (Wildman–Crippen MR) is 61.4 cm³/mol. The number of rotatable bonds is 2. The van der Waals surface area contributed by atoms with Crippen LogP contribution in [0.1, 0.15) is 18.5 Å². The van der Waals surface area contributed by atoms with Crippen molar-refractivity contribution in [3.8, 4) is 0 Å². The smallest absolute Gasteiger partial charge is 0.0442 e. The highest BCUT2D eigenvalue weighted by molar-refractivity contribution is 6.13. The number of benzene rings is 2. The summed E-state index contributed by atoms with van der Waals surface area (Å²) in [7, 11) is 0. The van der Waals surface area contributed by atoms with Crippen molar-refractivity contribution in [3.63, 3.8) is 0 Å². The second-order valence-corrected chi connectivity index (χ2v) is 3.66. The lowest BCUT2D eigenvalue weighted by molar-refractivity contribution is 0.746. The first-order chi connectivity index (χ1) is 6.81. The van der Waals surface area contributed by atoms with Crippen LogP contribution in [-0.2, 0) is 0 Å². The minimum Gasteiger partial charge on any atom is -0.226 e. The lowest BCUT2D eigenvalue weighted by Gasteiger charge is -2.09. The fraction of sp³-hybridized carbons (Fsp3) is 0.167. The average Bonchev–Trinajstić information content (AvgIpc) is 2.27. The maximum absolute atomic E-state index is 5.59. The van der Waals surface area contributed by atoms with E-state index in [1.807, 2.05) is 19.1 Å². The molecule has 14 heavy (non-hydrogen) atoms. The van der Waals surface area contributed by atoms with Gasteiger partial charge in [0, 0.05) is 6.04 Å². The van der Waals surface area contributed by atoms with E-state index in [2.05, 4.69) is 35.2 Å². The van der Waals surface area contributed by atoms with Gasteiger partial charge in [0.25, 0.3) is 0 Å². The third-order valence-corrected chi connectivity index (χ3v) is 2.76. The summed E-state index contributed by atoms with van der Waals surface area (Å²) in [6.45, 7) is 2.04. The summed E-state index contributed by atoms with van der Waals surface area (Å²) in [5, 5.41) is 2.52. The molecule has 1 nitrogen and oxygen atoms in total. The minimum absolute atomic E-state index is 0.182. The Bertz CT molecular complexity index is 439. The van der Waals surface area contributed by atoms with Crippen LogP contribution in [0.2, 0.25) is 0 Å². The van der Waals surface area contributed by atoms with Gasteiger partial charge in [0.15, 0.2) is 0 Å². The van der Waals surface area contributed by atoms with Gasteiger partial charge in [-0.05, 0) is 41.1 Å². The first kappa shape index (κ1) is 9.50. The molecule has 0 radical (unpaired) electrons. The zero-order chi connectivity index (χ0) is 9.97. The maximum atomic E-state index is 5.59. The van der Waals surface area contributed by atoms with Gasteiger partial charge in [-0.25, -0.2) is 4.84 Å². The second-order valence-electron chi connectivity index (χ2n) is 3.44. The highest BCUT2D eigenvalue weighted by atomic mass is 35.5. The fourth-order valence-corrected chi connectivity index (χ4v) is 1.67. The van der Waals surface area contributed by atoms with Crippen molar-refractivity contribution in [2.75, 3.05) is 0 Å². The van der Waals surface area contributed by atoms with E-state index in [4.69, 9.17) is 11.8 Å². The van der Waals surface area contributed by atoms with E-state index in [1.165, 1.54) is 16.3 Å². The van der Waals surface area contributed by atoms with Crippen LogP contribution < -0.4 is 4.84 Å². The maximum Gasteiger partial charge on any atom is 0.0442 e. The quantitative estimate of drug-likeness (QED) is 0.739. The van der Waals surface area contributed by atoms with E-state index >= 15 is 0 Å². The van der Waals surface area contributed by atoms with Gasteiger partial charge < -0.3 is 0 Å². The summed E-state index contributed by atoms with van der Waals surface area (Å²) in [6.07, 6.45) is 0. The average molecular weight is 206 g/mol. The van der Waals surface area contributed by atoms with E-state index in [-0.39, 0.29) is 6.04 Å². The topological polar surface area (TPSA) is 12.0 Å². The van der Waals surface area contributed by atoms with Crippen LogP contribution in [0.25, 0.3) is 10.8 Å². The summed E-state index contributed by atoms with van der Waals surface area (Å²) in [5.41, 5.74) is 1.21. The molecule has 72 valence electrons. The van der Waals surface area contributed by atoms with Gasteiger partial charge in [-0.2, -0.15) is 0 Å². The van der Waals surface area contributed by atoms with E-state index in [9.17, 15) is 0 Å². The van der Waals surface area contributed by atoms with Crippen molar-refractivity contribution in [2.24, 2.45) is 0 Å². The summed E-state index contributed by atoms with van der Waals surface area (Å²) < 4.78 is 0. The first-order valence-corrected chi connectivity index (χ1v) is 5.04. The SMILES string of the molecule is CC(NCl)c1ccc2ccccc2c1. The van der Waals surface area contributed by atoms with E-state index in [0.29, 0.717) is 0 Å². The molecule has 0 aromatic heterocycles. The van der Waals surface area contributed by atoms with Crippen LogP contribution in [0.3, 0.4) is 0 Å². The molecule has 0 aliphatic heterocycles. The van der Waals surface area contributed by atoms with Gasteiger partial charge in [-0.3, -0.25) is 0 Å². The van der Waals surface area contributed by atoms with Crippen LogP contribution in [0.4, 0.5) is 0 Å². The van der Waals surface area contributed by atoms with Gasteiger partial charge in [0.2, 0.25) is 0 Å². The van der Waals surface area contributed by atoms with Crippen molar-refractivity contribution in [3.05, 3.63) is 48.0 Å². The Morgan fingerprint density at radius 1 is 1.07 bits per heavy atom. The number of hydrogen-bond acceptors (Lipinski definition) is 1. The van der Waals surface area contributed by atoms with Crippen LogP contribution in [0, 0.1) is 0 Å². The molecular weight excluding hydrogens is 194 g/mol. The third-order valence-electron chi connectivity index (χ3n) is 2.44. The Kier molecular flexibility index (Phi) is 2.71. The molecule has 2 heteroatoms. The molecular formula is C12H12ClN. The minimum atomic E-state index is 0.182. The molecule has 0 aliphatic carbocycles. The van der Waals surface area contributed by atoms with Gasteiger partial charge in [0.05, 0.1) is 0 Å². The molecule has 2 aromatic rings. The molecule has 0 saturated heterocycles. The first-order valence-electron chi connectivity index (χ1n) is 4.66. The highest BCUT2D eigenvalue weighted by Gasteiger charge is 2.03. The van der Waals surface area contributed by atoms with Crippen LogP contribution in [0.5, 0.6) is 0 Å². The van der Waals surface area contributed by atoms with Crippen molar-refractivity contribution in [1.29, 1.82) is 0 Å². The summed E-state index contributed by atoms with van der Waals surface area (Å²) in [6, 6.07) is 14.9. The van der Waals surface area contributed by atoms with Crippen molar-refractivity contribution >= 4 is 22.5 Å². The molecule has 0 saturated carbocycles. The molecule has 1 atom stereocenters. The largest absolute Gasteiger partial charge is 0.226 e. The molecule has 0 fully saturated rings. The summed E-state index contributed by atoms with van der Waals surface area (Å²) in [4.78, 5) is 2.72. The van der Waals surface area contributed by atoms with Crippen molar-refractivity contribution in [2.45, 2.75) is 13.0 Å². The lowest BCUT2D eigenvalue weighted by atomic mass is 10.0. The van der Waals surface area contributed by atoms with Crippen molar-refractivity contribution < 1.29 is 0 Å². The molecule has 0 aliphatic rings.